The standard InChI is InChI=1S/C10H11F2NO2/c11-7-2-1-6(10(14)9(7)12)8-5-15-4-3-13-8/h1-2,8,13-14H,3-5H2/t8-/m1/s1. The van der Waals surface area contributed by atoms with E-state index in [9.17, 15) is 13.9 Å². The lowest BCUT2D eigenvalue weighted by Crippen LogP contribution is -2.34. The van der Waals surface area contributed by atoms with Crippen LogP contribution in [0.3, 0.4) is 0 Å². The Bertz CT molecular complexity index is 365. The van der Waals surface area contributed by atoms with E-state index in [1.165, 1.54) is 6.07 Å². The lowest BCUT2D eigenvalue weighted by atomic mass is 10.1. The third-order valence-corrected chi connectivity index (χ3v) is 2.40. The summed E-state index contributed by atoms with van der Waals surface area (Å²) in [7, 11) is 0. The van der Waals surface area contributed by atoms with Gasteiger partial charge in [-0.3, -0.25) is 0 Å². The van der Waals surface area contributed by atoms with Crippen LogP contribution in [0.5, 0.6) is 5.75 Å². The molecule has 0 unspecified atom stereocenters. The van der Waals surface area contributed by atoms with E-state index < -0.39 is 17.4 Å². The molecule has 0 saturated carbocycles. The summed E-state index contributed by atoms with van der Waals surface area (Å²) in [6, 6.07) is 2.08. The zero-order valence-electron chi connectivity index (χ0n) is 7.96. The first-order valence-electron chi connectivity index (χ1n) is 4.68. The first-order valence-corrected chi connectivity index (χ1v) is 4.68. The van der Waals surface area contributed by atoms with Crippen molar-refractivity contribution in [2.45, 2.75) is 6.04 Å². The third kappa shape index (κ3) is 1.93. The molecule has 82 valence electrons. The van der Waals surface area contributed by atoms with Crippen molar-refractivity contribution in [1.82, 2.24) is 5.32 Å². The highest BCUT2D eigenvalue weighted by molar-refractivity contribution is 5.37. The topological polar surface area (TPSA) is 41.5 Å². The van der Waals surface area contributed by atoms with Crippen molar-refractivity contribution in [3.05, 3.63) is 29.3 Å². The summed E-state index contributed by atoms with van der Waals surface area (Å²) in [5.41, 5.74) is 0.327. The number of ether oxygens (including phenoxy) is 1. The summed E-state index contributed by atoms with van der Waals surface area (Å²) in [5.74, 6) is -2.90. The Balaban J connectivity index is 2.31. The van der Waals surface area contributed by atoms with Gasteiger partial charge in [0.2, 0.25) is 5.82 Å². The molecule has 1 atom stereocenters. The molecule has 0 bridgehead atoms. The van der Waals surface area contributed by atoms with Gasteiger partial charge in [-0.15, -0.1) is 0 Å². The number of hydrogen-bond donors (Lipinski definition) is 2. The predicted octanol–water partition coefficient (Wildman–Crippen LogP) is 1.33. The number of phenols is 1. The van der Waals surface area contributed by atoms with E-state index in [2.05, 4.69) is 5.32 Å². The highest BCUT2D eigenvalue weighted by Gasteiger charge is 2.21. The summed E-state index contributed by atoms with van der Waals surface area (Å²) >= 11 is 0. The van der Waals surface area contributed by atoms with Crippen molar-refractivity contribution in [2.24, 2.45) is 0 Å². The summed E-state index contributed by atoms with van der Waals surface area (Å²) < 4.78 is 31.0. The van der Waals surface area contributed by atoms with Gasteiger partial charge in [-0.1, -0.05) is 6.07 Å². The van der Waals surface area contributed by atoms with E-state index in [0.29, 0.717) is 25.3 Å². The second-order valence-corrected chi connectivity index (χ2v) is 3.38. The molecule has 1 fully saturated rings. The van der Waals surface area contributed by atoms with Crippen molar-refractivity contribution in [3.63, 3.8) is 0 Å². The van der Waals surface area contributed by atoms with Gasteiger partial charge in [-0.2, -0.15) is 4.39 Å². The van der Waals surface area contributed by atoms with Gasteiger partial charge in [-0.25, -0.2) is 4.39 Å². The molecular weight excluding hydrogens is 204 g/mol. The minimum Gasteiger partial charge on any atom is -0.505 e. The number of morpholine rings is 1. The van der Waals surface area contributed by atoms with Crippen LogP contribution in [0.2, 0.25) is 0 Å². The maximum atomic E-state index is 13.1. The average Bonchev–Trinajstić information content (AvgIpc) is 2.27. The number of hydrogen-bond acceptors (Lipinski definition) is 3. The lowest BCUT2D eigenvalue weighted by Gasteiger charge is -2.24. The number of phenolic OH excluding ortho intramolecular Hbond substituents is 1. The van der Waals surface area contributed by atoms with E-state index >= 15 is 0 Å². The van der Waals surface area contributed by atoms with Crippen LogP contribution < -0.4 is 5.32 Å². The smallest absolute Gasteiger partial charge is 0.200 e. The summed E-state index contributed by atoms with van der Waals surface area (Å²) in [6.45, 7) is 1.56. The number of aromatic hydroxyl groups is 1. The van der Waals surface area contributed by atoms with Gasteiger partial charge in [0.1, 0.15) is 0 Å². The van der Waals surface area contributed by atoms with E-state index in [4.69, 9.17) is 4.74 Å². The van der Waals surface area contributed by atoms with Crippen LogP contribution in [0.1, 0.15) is 11.6 Å². The van der Waals surface area contributed by atoms with Gasteiger partial charge in [0, 0.05) is 12.1 Å². The predicted molar refractivity (Wildman–Crippen MR) is 49.6 cm³/mol. The zero-order chi connectivity index (χ0) is 10.8. The van der Waals surface area contributed by atoms with Crippen LogP contribution in [0.15, 0.2) is 12.1 Å². The van der Waals surface area contributed by atoms with E-state index in [1.54, 1.807) is 0 Å². The Morgan fingerprint density at radius 2 is 2.20 bits per heavy atom. The molecule has 1 aliphatic rings. The molecule has 1 heterocycles. The molecule has 1 aromatic rings. The fourth-order valence-electron chi connectivity index (χ4n) is 1.60. The normalized spacial score (nSPS) is 21.6. The number of nitrogens with one attached hydrogen (secondary N) is 1. The molecule has 1 aliphatic heterocycles. The molecule has 1 saturated heterocycles. The van der Waals surface area contributed by atoms with Crippen molar-refractivity contribution in [3.8, 4) is 5.75 Å². The Morgan fingerprint density at radius 3 is 2.87 bits per heavy atom. The van der Waals surface area contributed by atoms with Gasteiger partial charge in [0.15, 0.2) is 11.6 Å². The minimum atomic E-state index is -1.21. The van der Waals surface area contributed by atoms with Crippen LogP contribution in [-0.2, 0) is 4.74 Å². The van der Waals surface area contributed by atoms with E-state index in [-0.39, 0.29) is 6.04 Å². The number of rotatable bonds is 1. The molecule has 2 rings (SSSR count). The van der Waals surface area contributed by atoms with Crippen LogP contribution in [-0.4, -0.2) is 24.9 Å². The van der Waals surface area contributed by atoms with Gasteiger partial charge in [-0.05, 0) is 6.07 Å². The molecule has 0 spiro atoms. The fourth-order valence-corrected chi connectivity index (χ4v) is 1.60. The molecular formula is C10H11F2NO2. The Morgan fingerprint density at radius 1 is 1.40 bits per heavy atom. The van der Waals surface area contributed by atoms with Gasteiger partial charge in [0.05, 0.1) is 19.3 Å². The molecule has 0 aromatic heterocycles. The second kappa shape index (κ2) is 4.12. The van der Waals surface area contributed by atoms with Crippen molar-refractivity contribution in [2.75, 3.05) is 19.8 Å². The zero-order valence-corrected chi connectivity index (χ0v) is 7.96. The number of halogens is 2. The third-order valence-electron chi connectivity index (χ3n) is 2.40. The Kier molecular flexibility index (Phi) is 2.83. The first kappa shape index (κ1) is 10.3. The summed E-state index contributed by atoms with van der Waals surface area (Å²) in [4.78, 5) is 0. The molecule has 5 heteroatoms. The van der Waals surface area contributed by atoms with Gasteiger partial charge in [0.25, 0.3) is 0 Å². The van der Waals surface area contributed by atoms with Crippen LogP contribution in [0.4, 0.5) is 8.78 Å². The van der Waals surface area contributed by atoms with Crippen molar-refractivity contribution in [1.29, 1.82) is 0 Å². The van der Waals surface area contributed by atoms with Crippen molar-refractivity contribution >= 4 is 0 Å². The molecule has 0 radical (unpaired) electrons. The summed E-state index contributed by atoms with van der Waals surface area (Å²) in [6.07, 6.45) is 0. The monoisotopic (exact) mass is 215 g/mol. The molecule has 15 heavy (non-hydrogen) atoms. The average molecular weight is 215 g/mol. The fraction of sp³-hybridized carbons (Fsp3) is 0.400. The minimum absolute atomic E-state index is 0.283. The van der Waals surface area contributed by atoms with Crippen LogP contribution in [0, 0.1) is 11.6 Å². The van der Waals surface area contributed by atoms with Crippen LogP contribution >= 0.6 is 0 Å². The number of benzene rings is 1. The molecule has 0 aliphatic carbocycles. The van der Waals surface area contributed by atoms with Crippen LogP contribution in [0.25, 0.3) is 0 Å². The molecule has 1 aromatic carbocycles. The maximum Gasteiger partial charge on any atom is 0.200 e. The molecule has 2 N–H and O–H groups in total. The van der Waals surface area contributed by atoms with Crippen molar-refractivity contribution < 1.29 is 18.6 Å². The summed E-state index contributed by atoms with van der Waals surface area (Å²) in [5, 5.41) is 12.5. The SMILES string of the molecule is Oc1c([C@H]2COCCN2)ccc(F)c1F. The first-order chi connectivity index (χ1) is 7.20. The van der Waals surface area contributed by atoms with E-state index in [0.717, 1.165) is 6.07 Å². The Labute approximate surface area is 85.7 Å². The molecule has 3 nitrogen and oxygen atoms in total. The lowest BCUT2D eigenvalue weighted by molar-refractivity contribution is 0.0758. The van der Waals surface area contributed by atoms with Gasteiger partial charge < -0.3 is 15.2 Å². The second-order valence-electron chi connectivity index (χ2n) is 3.38. The van der Waals surface area contributed by atoms with E-state index in [1.807, 2.05) is 0 Å². The Hall–Kier alpha value is -1.20. The quantitative estimate of drug-likeness (QED) is 0.742. The van der Waals surface area contributed by atoms with Gasteiger partial charge >= 0.3 is 0 Å². The molecule has 0 amide bonds. The maximum absolute atomic E-state index is 13.1. The largest absolute Gasteiger partial charge is 0.505 e. The highest BCUT2D eigenvalue weighted by atomic mass is 19.2. The highest BCUT2D eigenvalue weighted by Crippen LogP contribution is 2.29.